The smallest absolute Gasteiger partial charge is 0.352 e. The Bertz CT molecular complexity index is 978. The Morgan fingerprint density at radius 1 is 1.12 bits per heavy atom. The molecule has 1 aliphatic rings. The van der Waals surface area contributed by atoms with Crippen molar-refractivity contribution in [2.45, 2.75) is 25.6 Å². The van der Waals surface area contributed by atoms with E-state index < -0.39 is 17.8 Å². The molecule has 0 bridgehead atoms. The van der Waals surface area contributed by atoms with Gasteiger partial charge >= 0.3 is 6.18 Å². The number of piperazine rings is 1. The van der Waals surface area contributed by atoms with Crippen LogP contribution in [0.25, 0.3) is 0 Å². The highest BCUT2D eigenvalue weighted by Gasteiger charge is 2.32. The third-order valence-electron chi connectivity index (χ3n) is 5.11. The fourth-order valence-corrected chi connectivity index (χ4v) is 3.89. The predicted molar refractivity (Wildman–Crippen MR) is 116 cm³/mol. The molecule has 1 aliphatic heterocycles. The van der Waals surface area contributed by atoms with Crippen LogP contribution in [0.2, 0.25) is 10.0 Å². The second-order valence-electron chi connectivity index (χ2n) is 7.40. The summed E-state index contributed by atoms with van der Waals surface area (Å²) in [6.45, 7) is 2.83. The standard InChI is InChI=1S/C21H21Cl2F3N4O2/c1-13(31)28-18(14-2-4-16(22)5-3-14)11-19(32)29-6-8-30(9-7-29)20-17(23)10-15(12-27-20)21(24,25)26/h2-5,10,12,18H,6-9,11H2,1H3,(H,28,31). The molecule has 11 heteroatoms. The van der Waals surface area contributed by atoms with Crippen LogP contribution in [0.4, 0.5) is 19.0 Å². The molecule has 0 aliphatic carbocycles. The van der Waals surface area contributed by atoms with Gasteiger partial charge in [0.2, 0.25) is 11.8 Å². The van der Waals surface area contributed by atoms with Crippen LogP contribution in [0.5, 0.6) is 0 Å². The van der Waals surface area contributed by atoms with E-state index in [1.165, 1.54) is 6.92 Å². The highest BCUT2D eigenvalue weighted by atomic mass is 35.5. The molecule has 1 saturated heterocycles. The maximum Gasteiger partial charge on any atom is 0.417 e. The average Bonchev–Trinajstić information content (AvgIpc) is 2.73. The van der Waals surface area contributed by atoms with E-state index >= 15 is 0 Å². The molecule has 6 nitrogen and oxygen atoms in total. The largest absolute Gasteiger partial charge is 0.417 e. The summed E-state index contributed by atoms with van der Waals surface area (Å²) in [4.78, 5) is 31.7. The molecule has 1 N–H and O–H groups in total. The van der Waals surface area contributed by atoms with Crippen LogP contribution >= 0.6 is 23.2 Å². The molecule has 2 amide bonds. The van der Waals surface area contributed by atoms with Gasteiger partial charge in [-0.25, -0.2) is 4.98 Å². The van der Waals surface area contributed by atoms with Gasteiger partial charge in [0.05, 0.1) is 23.0 Å². The van der Waals surface area contributed by atoms with Crippen molar-refractivity contribution >= 4 is 40.8 Å². The number of pyridine rings is 1. The van der Waals surface area contributed by atoms with Gasteiger partial charge in [-0.3, -0.25) is 9.59 Å². The van der Waals surface area contributed by atoms with E-state index in [-0.39, 0.29) is 29.1 Å². The number of carbonyl (C=O) groups excluding carboxylic acids is 2. The number of aromatic nitrogens is 1. The summed E-state index contributed by atoms with van der Waals surface area (Å²) < 4.78 is 38.5. The maximum atomic E-state index is 12.9. The summed E-state index contributed by atoms with van der Waals surface area (Å²) in [6.07, 6.45) is -3.70. The lowest BCUT2D eigenvalue weighted by atomic mass is 10.0. The number of nitrogens with one attached hydrogen (secondary N) is 1. The summed E-state index contributed by atoms with van der Waals surface area (Å²) in [5.74, 6) is -0.153. The highest BCUT2D eigenvalue weighted by Crippen LogP contribution is 2.33. The van der Waals surface area contributed by atoms with Gasteiger partial charge in [0, 0.05) is 44.3 Å². The number of hydrogen-bond acceptors (Lipinski definition) is 4. The average molecular weight is 489 g/mol. The number of benzene rings is 1. The van der Waals surface area contributed by atoms with Crippen molar-refractivity contribution in [2.75, 3.05) is 31.1 Å². The van der Waals surface area contributed by atoms with E-state index in [9.17, 15) is 22.8 Å². The van der Waals surface area contributed by atoms with Crippen LogP contribution < -0.4 is 10.2 Å². The maximum absolute atomic E-state index is 12.9. The van der Waals surface area contributed by atoms with Crippen LogP contribution in [-0.4, -0.2) is 47.9 Å². The molecule has 1 aromatic heterocycles. The molecular weight excluding hydrogens is 468 g/mol. The summed E-state index contributed by atoms with van der Waals surface area (Å²) in [7, 11) is 0. The Kier molecular flexibility index (Phi) is 7.51. The lowest BCUT2D eigenvalue weighted by Crippen LogP contribution is -2.49. The first kappa shape index (κ1) is 24.1. The third kappa shape index (κ3) is 6.04. The van der Waals surface area contributed by atoms with Gasteiger partial charge < -0.3 is 15.1 Å². The molecule has 0 radical (unpaired) electrons. The lowest BCUT2D eigenvalue weighted by molar-refractivity contribution is -0.138. The first-order valence-electron chi connectivity index (χ1n) is 9.82. The molecule has 2 aromatic rings. The van der Waals surface area contributed by atoms with Crippen LogP contribution in [0.3, 0.4) is 0 Å². The van der Waals surface area contributed by atoms with Crippen molar-refractivity contribution in [3.05, 3.63) is 57.7 Å². The second kappa shape index (κ2) is 9.95. The number of rotatable bonds is 5. The van der Waals surface area contributed by atoms with E-state index in [0.717, 1.165) is 17.8 Å². The fourth-order valence-electron chi connectivity index (χ4n) is 3.48. The molecule has 3 rings (SSSR count). The molecule has 1 fully saturated rings. The van der Waals surface area contributed by atoms with E-state index in [4.69, 9.17) is 23.2 Å². The number of carbonyl (C=O) groups is 2. The molecule has 1 atom stereocenters. The summed E-state index contributed by atoms with van der Waals surface area (Å²) in [5.41, 5.74) is -0.149. The topological polar surface area (TPSA) is 65.5 Å². The van der Waals surface area contributed by atoms with E-state index in [0.29, 0.717) is 31.2 Å². The van der Waals surface area contributed by atoms with Crippen molar-refractivity contribution in [2.24, 2.45) is 0 Å². The highest BCUT2D eigenvalue weighted by molar-refractivity contribution is 6.33. The van der Waals surface area contributed by atoms with Crippen LogP contribution in [0.1, 0.15) is 30.5 Å². The zero-order chi connectivity index (χ0) is 23.5. The van der Waals surface area contributed by atoms with Crippen LogP contribution in [-0.2, 0) is 15.8 Å². The number of anilines is 1. The van der Waals surface area contributed by atoms with Gasteiger partial charge in [0.1, 0.15) is 5.82 Å². The lowest BCUT2D eigenvalue weighted by Gasteiger charge is -2.36. The van der Waals surface area contributed by atoms with Crippen molar-refractivity contribution < 1.29 is 22.8 Å². The number of hydrogen-bond donors (Lipinski definition) is 1. The molecule has 2 heterocycles. The SMILES string of the molecule is CC(=O)NC(CC(=O)N1CCN(c2ncc(C(F)(F)F)cc2Cl)CC1)c1ccc(Cl)cc1. The van der Waals surface area contributed by atoms with Crippen molar-refractivity contribution in [3.8, 4) is 0 Å². The van der Waals surface area contributed by atoms with Crippen LogP contribution in [0.15, 0.2) is 36.5 Å². The van der Waals surface area contributed by atoms with E-state index in [1.807, 2.05) is 0 Å². The number of alkyl halides is 3. The zero-order valence-corrected chi connectivity index (χ0v) is 18.6. The van der Waals surface area contributed by atoms with Crippen LogP contribution in [0, 0.1) is 0 Å². The van der Waals surface area contributed by atoms with Gasteiger partial charge in [0.15, 0.2) is 0 Å². The molecule has 32 heavy (non-hydrogen) atoms. The first-order chi connectivity index (χ1) is 15.0. The van der Waals surface area contributed by atoms with Crippen molar-refractivity contribution in [1.82, 2.24) is 15.2 Å². The monoisotopic (exact) mass is 488 g/mol. The summed E-state index contributed by atoms with van der Waals surface area (Å²) >= 11 is 11.9. The molecule has 1 aromatic carbocycles. The number of halogens is 5. The van der Waals surface area contributed by atoms with Crippen molar-refractivity contribution in [3.63, 3.8) is 0 Å². The minimum Gasteiger partial charge on any atom is -0.352 e. The van der Waals surface area contributed by atoms with Crippen molar-refractivity contribution in [1.29, 1.82) is 0 Å². The Labute approximate surface area is 193 Å². The minimum atomic E-state index is -4.52. The van der Waals surface area contributed by atoms with Gasteiger partial charge in [-0.05, 0) is 23.8 Å². The van der Waals surface area contributed by atoms with E-state index in [1.54, 1.807) is 34.1 Å². The Morgan fingerprint density at radius 2 is 1.75 bits per heavy atom. The second-order valence-corrected chi connectivity index (χ2v) is 8.25. The van der Waals surface area contributed by atoms with E-state index in [2.05, 4.69) is 10.3 Å². The molecule has 0 saturated carbocycles. The fraction of sp³-hybridized carbons (Fsp3) is 0.381. The number of amides is 2. The van der Waals surface area contributed by atoms with Gasteiger partial charge in [-0.1, -0.05) is 35.3 Å². The minimum absolute atomic E-state index is 0.0699. The molecule has 0 spiro atoms. The molecule has 1 unspecified atom stereocenters. The predicted octanol–water partition coefficient (Wildman–Crippen LogP) is 4.32. The Hall–Kier alpha value is -2.52. The van der Waals surface area contributed by atoms with Gasteiger partial charge in [-0.2, -0.15) is 13.2 Å². The Morgan fingerprint density at radius 3 is 2.28 bits per heavy atom. The quantitative estimate of drug-likeness (QED) is 0.680. The first-order valence-corrected chi connectivity index (χ1v) is 10.6. The molecular formula is C21H21Cl2F3N4O2. The third-order valence-corrected chi connectivity index (χ3v) is 5.64. The summed E-state index contributed by atoms with van der Waals surface area (Å²) in [5, 5.41) is 3.25. The summed E-state index contributed by atoms with van der Waals surface area (Å²) in [6, 6.07) is 7.25. The normalized spacial score (nSPS) is 15.4. The Balaban J connectivity index is 1.63. The van der Waals surface area contributed by atoms with Gasteiger partial charge in [0.25, 0.3) is 0 Å². The zero-order valence-electron chi connectivity index (χ0n) is 17.1. The number of nitrogens with zero attached hydrogens (tertiary/aromatic N) is 3. The van der Waals surface area contributed by atoms with Gasteiger partial charge in [-0.15, -0.1) is 0 Å². The molecule has 172 valence electrons.